The number of allylic oxidation sites excluding steroid dienone is 1. The minimum atomic E-state index is -0.514. The predicted molar refractivity (Wildman–Crippen MR) is 100 cm³/mol. The first-order chi connectivity index (χ1) is 12.6. The number of methoxy groups -OCH3 is 1. The second kappa shape index (κ2) is 9.62. The molecule has 0 bridgehead atoms. The van der Waals surface area contributed by atoms with Gasteiger partial charge in [-0.15, -0.1) is 16.8 Å². The summed E-state index contributed by atoms with van der Waals surface area (Å²) in [6, 6.07) is 6.98. The van der Waals surface area contributed by atoms with E-state index in [2.05, 4.69) is 27.4 Å². The van der Waals surface area contributed by atoms with E-state index in [0.717, 1.165) is 5.56 Å². The number of nitrogens with one attached hydrogen (secondary N) is 2. The lowest BCUT2D eigenvalue weighted by Crippen LogP contribution is -2.40. The molecular weight excluding hydrogens is 354 g/mol. The molecule has 0 aliphatic rings. The molecule has 2 rings (SSSR count). The maximum atomic E-state index is 11.9. The molecule has 9 heteroatoms. The number of imide groups is 1. The van der Waals surface area contributed by atoms with Crippen LogP contribution in [0.3, 0.4) is 0 Å². The molecule has 2 aromatic rings. The van der Waals surface area contributed by atoms with Gasteiger partial charge in [-0.25, -0.2) is 4.79 Å². The van der Waals surface area contributed by atoms with Crippen LogP contribution in [0.2, 0.25) is 0 Å². The smallest absolute Gasteiger partial charge is 0.321 e. The van der Waals surface area contributed by atoms with Gasteiger partial charge >= 0.3 is 6.03 Å². The molecule has 26 heavy (non-hydrogen) atoms. The third-order valence-electron chi connectivity index (χ3n) is 3.30. The molecule has 0 unspecified atom stereocenters. The van der Waals surface area contributed by atoms with Gasteiger partial charge in [-0.3, -0.25) is 14.7 Å². The number of urea groups is 1. The molecular formula is C17H21N5O3S. The molecule has 0 saturated heterocycles. The van der Waals surface area contributed by atoms with Gasteiger partial charge in [-0.05, 0) is 19.1 Å². The highest BCUT2D eigenvalue weighted by atomic mass is 32.2. The van der Waals surface area contributed by atoms with Gasteiger partial charge in [0.2, 0.25) is 5.91 Å². The van der Waals surface area contributed by atoms with Crippen LogP contribution < -0.4 is 15.4 Å². The molecule has 138 valence electrons. The normalized spacial score (nSPS) is 10.2. The minimum absolute atomic E-state index is 0.0400. The number of ether oxygens (including phenoxy) is 1. The maximum Gasteiger partial charge on any atom is 0.321 e. The average Bonchev–Trinajstić information content (AvgIpc) is 3.03. The first kappa shape index (κ1) is 19.5. The highest BCUT2D eigenvalue weighted by Gasteiger charge is 2.18. The Morgan fingerprint density at radius 2 is 2.12 bits per heavy atom. The van der Waals surface area contributed by atoms with E-state index >= 15 is 0 Å². The largest absolute Gasteiger partial charge is 0.496 e. The fraction of sp³-hybridized carbons (Fsp3) is 0.294. The summed E-state index contributed by atoms with van der Waals surface area (Å²) >= 11 is 1.19. The summed E-state index contributed by atoms with van der Waals surface area (Å²) in [5.74, 6) is 0.927. The van der Waals surface area contributed by atoms with E-state index in [-0.39, 0.29) is 5.75 Å². The zero-order chi connectivity index (χ0) is 18.9. The number of aromatic nitrogens is 3. The van der Waals surface area contributed by atoms with E-state index in [9.17, 15) is 9.59 Å². The highest BCUT2D eigenvalue weighted by molar-refractivity contribution is 7.99. The Balaban J connectivity index is 2.17. The predicted octanol–water partition coefficient (Wildman–Crippen LogP) is 2.08. The van der Waals surface area contributed by atoms with Crippen LogP contribution >= 0.6 is 11.8 Å². The number of carbonyl (C=O) groups excluding carboxylic acids is 2. The van der Waals surface area contributed by atoms with Crippen molar-refractivity contribution in [2.45, 2.75) is 18.6 Å². The van der Waals surface area contributed by atoms with Gasteiger partial charge in [-0.1, -0.05) is 30.0 Å². The monoisotopic (exact) mass is 375 g/mol. The SMILES string of the molecule is C=CCn1c(SCC(=O)NC(=O)NCC)nnc1-c1ccccc1OC. The van der Waals surface area contributed by atoms with Crippen molar-refractivity contribution in [2.24, 2.45) is 0 Å². The second-order valence-corrected chi connectivity index (χ2v) is 6.04. The third-order valence-corrected chi connectivity index (χ3v) is 4.27. The van der Waals surface area contributed by atoms with Crippen molar-refractivity contribution in [3.8, 4) is 17.1 Å². The lowest BCUT2D eigenvalue weighted by Gasteiger charge is -2.10. The first-order valence-corrected chi connectivity index (χ1v) is 8.97. The van der Waals surface area contributed by atoms with Crippen molar-refractivity contribution >= 4 is 23.7 Å². The molecule has 1 aromatic carbocycles. The van der Waals surface area contributed by atoms with Gasteiger partial charge in [0.25, 0.3) is 0 Å². The maximum absolute atomic E-state index is 11.9. The number of benzene rings is 1. The van der Waals surface area contributed by atoms with Crippen molar-refractivity contribution in [2.75, 3.05) is 19.4 Å². The van der Waals surface area contributed by atoms with E-state index in [0.29, 0.717) is 29.8 Å². The number of hydrogen-bond donors (Lipinski definition) is 2. The van der Waals surface area contributed by atoms with E-state index in [1.165, 1.54) is 11.8 Å². The number of nitrogens with zero attached hydrogens (tertiary/aromatic N) is 3. The number of hydrogen-bond acceptors (Lipinski definition) is 6. The van der Waals surface area contributed by atoms with Gasteiger partial charge < -0.3 is 10.1 Å². The molecule has 0 aliphatic heterocycles. The van der Waals surface area contributed by atoms with Crippen LogP contribution in [0.1, 0.15) is 6.92 Å². The molecule has 0 atom stereocenters. The lowest BCUT2D eigenvalue weighted by molar-refractivity contribution is -0.117. The van der Waals surface area contributed by atoms with E-state index < -0.39 is 11.9 Å². The number of carbonyl (C=O) groups is 2. The zero-order valence-corrected chi connectivity index (χ0v) is 15.5. The van der Waals surface area contributed by atoms with Crippen molar-refractivity contribution in [3.63, 3.8) is 0 Å². The van der Waals surface area contributed by atoms with Gasteiger partial charge in [0, 0.05) is 13.1 Å². The first-order valence-electron chi connectivity index (χ1n) is 7.98. The Morgan fingerprint density at radius 1 is 1.35 bits per heavy atom. The lowest BCUT2D eigenvalue weighted by atomic mass is 10.2. The molecule has 0 fully saturated rings. The van der Waals surface area contributed by atoms with Crippen LogP contribution in [0.15, 0.2) is 42.1 Å². The fourth-order valence-electron chi connectivity index (χ4n) is 2.22. The fourth-order valence-corrected chi connectivity index (χ4v) is 2.96. The van der Waals surface area contributed by atoms with Crippen LogP contribution in [-0.4, -0.2) is 46.1 Å². The van der Waals surface area contributed by atoms with E-state index in [4.69, 9.17) is 4.74 Å². The number of para-hydroxylation sites is 1. The summed E-state index contributed by atoms with van der Waals surface area (Å²) in [6.07, 6.45) is 1.72. The molecule has 0 spiro atoms. The van der Waals surface area contributed by atoms with E-state index in [1.54, 1.807) is 20.1 Å². The van der Waals surface area contributed by atoms with Gasteiger partial charge in [-0.2, -0.15) is 0 Å². The Labute approximate surface area is 156 Å². The Morgan fingerprint density at radius 3 is 2.81 bits per heavy atom. The third kappa shape index (κ3) is 4.85. The molecule has 1 heterocycles. The van der Waals surface area contributed by atoms with Crippen LogP contribution in [0.25, 0.3) is 11.4 Å². The topological polar surface area (TPSA) is 98.1 Å². The van der Waals surface area contributed by atoms with Gasteiger partial charge in [0.1, 0.15) is 5.75 Å². The number of thioether (sulfide) groups is 1. The molecule has 0 saturated carbocycles. The minimum Gasteiger partial charge on any atom is -0.496 e. The second-order valence-electron chi connectivity index (χ2n) is 5.10. The van der Waals surface area contributed by atoms with Crippen LogP contribution in [-0.2, 0) is 11.3 Å². The molecule has 3 amide bonds. The van der Waals surface area contributed by atoms with Gasteiger partial charge in [0.15, 0.2) is 11.0 Å². The van der Waals surface area contributed by atoms with Crippen molar-refractivity contribution < 1.29 is 14.3 Å². The Bertz CT molecular complexity index is 790. The van der Waals surface area contributed by atoms with Crippen LogP contribution in [0.4, 0.5) is 4.79 Å². The molecule has 0 aliphatic carbocycles. The van der Waals surface area contributed by atoms with E-state index in [1.807, 2.05) is 28.8 Å². The summed E-state index contributed by atoms with van der Waals surface area (Å²) in [7, 11) is 1.59. The number of rotatable bonds is 8. The molecule has 8 nitrogen and oxygen atoms in total. The summed E-state index contributed by atoms with van der Waals surface area (Å²) in [5, 5.41) is 13.7. The molecule has 1 aromatic heterocycles. The van der Waals surface area contributed by atoms with Crippen molar-refractivity contribution in [3.05, 3.63) is 36.9 Å². The summed E-state index contributed by atoms with van der Waals surface area (Å²) < 4.78 is 7.23. The standard InChI is InChI=1S/C17H21N5O3S/c1-4-10-22-15(12-8-6-7-9-13(12)25-3)20-21-17(22)26-11-14(23)19-16(24)18-5-2/h4,6-9H,1,5,10-11H2,2-3H3,(H2,18,19,23,24). The summed E-state index contributed by atoms with van der Waals surface area (Å²) in [6.45, 7) is 6.45. The highest BCUT2D eigenvalue weighted by Crippen LogP contribution is 2.30. The average molecular weight is 375 g/mol. The Kier molecular flexibility index (Phi) is 7.22. The van der Waals surface area contributed by atoms with Crippen molar-refractivity contribution in [1.82, 2.24) is 25.4 Å². The number of amides is 3. The Hall–Kier alpha value is -2.81. The molecule has 2 N–H and O–H groups in total. The van der Waals surface area contributed by atoms with Crippen LogP contribution in [0.5, 0.6) is 5.75 Å². The van der Waals surface area contributed by atoms with Crippen LogP contribution in [0, 0.1) is 0 Å². The quantitative estimate of drug-likeness (QED) is 0.541. The van der Waals surface area contributed by atoms with Crippen molar-refractivity contribution in [1.29, 1.82) is 0 Å². The summed E-state index contributed by atoms with van der Waals surface area (Å²) in [5.41, 5.74) is 0.794. The van der Waals surface area contributed by atoms with Gasteiger partial charge in [0.05, 0.1) is 18.4 Å². The summed E-state index contributed by atoms with van der Waals surface area (Å²) in [4.78, 5) is 23.2. The molecule has 0 radical (unpaired) electrons. The zero-order valence-electron chi connectivity index (χ0n) is 14.7.